The second kappa shape index (κ2) is 10.9. The average Bonchev–Trinajstić information content (AvgIpc) is 3.29. The third kappa shape index (κ3) is 5.13. The Hall–Kier alpha value is -2.44. The van der Waals surface area contributed by atoms with Gasteiger partial charge in [0.15, 0.2) is 0 Å². The van der Waals surface area contributed by atoms with Crippen molar-refractivity contribution >= 4 is 28.6 Å². The predicted octanol–water partition coefficient (Wildman–Crippen LogP) is 5.51. The highest BCUT2D eigenvalue weighted by molar-refractivity contribution is 7.99. The van der Waals surface area contributed by atoms with Gasteiger partial charge in [0.25, 0.3) is 5.91 Å². The Balaban J connectivity index is 1.19. The summed E-state index contributed by atoms with van der Waals surface area (Å²) in [4.78, 5) is 20.2. The summed E-state index contributed by atoms with van der Waals surface area (Å²) in [5.41, 5.74) is 3.07. The Kier molecular flexibility index (Phi) is 7.45. The maximum atomic E-state index is 13.1. The molecule has 1 amide bonds. The van der Waals surface area contributed by atoms with E-state index in [1.165, 1.54) is 50.8 Å². The molecule has 1 aromatic heterocycles. The Morgan fingerprint density at radius 2 is 2.03 bits per heavy atom. The Morgan fingerprint density at radius 1 is 1.15 bits per heavy atom. The van der Waals surface area contributed by atoms with E-state index in [1.54, 1.807) is 7.11 Å². The molecule has 3 aromatic rings. The molecule has 6 heteroatoms. The minimum atomic E-state index is 0.0171. The van der Waals surface area contributed by atoms with Gasteiger partial charge in [-0.25, -0.2) is 0 Å². The van der Waals surface area contributed by atoms with Crippen molar-refractivity contribution in [3.8, 4) is 5.75 Å². The molecule has 2 fully saturated rings. The lowest BCUT2D eigenvalue weighted by molar-refractivity contribution is 0.0693. The number of piperidine rings is 2. The molecule has 3 heterocycles. The fourth-order valence-corrected chi connectivity index (χ4v) is 6.92. The van der Waals surface area contributed by atoms with Crippen molar-refractivity contribution in [1.82, 2.24) is 15.2 Å². The SMILES string of the molecule is COc1ccc2[nH]cc(CCNC(=O)c3ccccc3SC[C@@H]3CCCN4CCCC[C@@H]34)c2c1. The number of H-pyrrole nitrogens is 1. The zero-order valence-corrected chi connectivity index (χ0v) is 20.8. The van der Waals surface area contributed by atoms with Gasteiger partial charge in [-0.3, -0.25) is 4.79 Å². The molecule has 0 spiro atoms. The summed E-state index contributed by atoms with van der Waals surface area (Å²) in [6.45, 7) is 3.14. The Labute approximate surface area is 206 Å². The van der Waals surface area contributed by atoms with E-state index in [0.29, 0.717) is 6.54 Å². The minimum absolute atomic E-state index is 0.0171. The summed E-state index contributed by atoms with van der Waals surface area (Å²) in [7, 11) is 1.68. The molecule has 34 heavy (non-hydrogen) atoms. The monoisotopic (exact) mass is 477 g/mol. The van der Waals surface area contributed by atoms with E-state index in [9.17, 15) is 4.79 Å². The number of benzene rings is 2. The van der Waals surface area contributed by atoms with Crippen LogP contribution in [0.15, 0.2) is 53.6 Å². The molecule has 2 aliphatic heterocycles. The van der Waals surface area contributed by atoms with Crippen LogP contribution in [0.2, 0.25) is 0 Å². The molecule has 0 bridgehead atoms. The largest absolute Gasteiger partial charge is 0.497 e. The van der Waals surface area contributed by atoms with Crippen LogP contribution in [0.4, 0.5) is 0 Å². The van der Waals surface area contributed by atoms with Crippen molar-refractivity contribution in [3.63, 3.8) is 0 Å². The third-order valence-electron chi connectivity index (χ3n) is 7.47. The molecule has 5 nitrogen and oxygen atoms in total. The van der Waals surface area contributed by atoms with Gasteiger partial charge in [0.2, 0.25) is 0 Å². The average molecular weight is 478 g/mol. The van der Waals surface area contributed by atoms with Crippen molar-refractivity contribution in [2.75, 3.05) is 32.5 Å². The zero-order chi connectivity index (χ0) is 23.3. The van der Waals surface area contributed by atoms with Crippen LogP contribution in [0.3, 0.4) is 0 Å². The minimum Gasteiger partial charge on any atom is -0.497 e. The van der Waals surface area contributed by atoms with Gasteiger partial charge in [-0.05, 0) is 87.0 Å². The van der Waals surface area contributed by atoms with Crippen LogP contribution in [-0.4, -0.2) is 54.3 Å². The number of nitrogens with zero attached hydrogens (tertiary/aromatic N) is 1. The van der Waals surface area contributed by atoms with Crippen LogP contribution in [-0.2, 0) is 6.42 Å². The first-order valence-corrected chi connectivity index (χ1v) is 13.6. The van der Waals surface area contributed by atoms with E-state index in [2.05, 4.69) is 21.3 Å². The highest BCUT2D eigenvalue weighted by Crippen LogP contribution is 2.35. The number of ether oxygens (including phenoxy) is 1. The molecule has 0 saturated carbocycles. The molecular weight excluding hydrogens is 442 g/mol. The van der Waals surface area contributed by atoms with Crippen LogP contribution in [0.5, 0.6) is 5.75 Å². The number of hydrogen-bond acceptors (Lipinski definition) is 4. The van der Waals surface area contributed by atoms with Crippen molar-refractivity contribution in [3.05, 3.63) is 59.8 Å². The molecule has 180 valence electrons. The van der Waals surface area contributed by atoms with Gasteiger partial charge in [0.05, 0.1) is 12.7 Å². The maximum Gasteiger partial charge on any atom is 0.252 e. The maximum absolute atomic E-state index is 13.1. The number of thioether (sulfide) groups is 1. The number of amides is 1. The van der Waals surface area contributed by atoms with E-state index < -0.39 is 0 Å². The van der Waals surface area contributed by atoms with E-state index in [-0.39, 0.29) is 5.91 Å². The number of aromatic amines is 1. The Bertz CT molecular complexity index is 1130. The molecule has 0 unspecified atom stereocenters. The number of methoxy groups -OCH3 is 1. The number of rotatable bonds is 8. The Morgan fingerprint density at radius 3 is 2.94 bits per heavy atom. The lowest BCUT2D eigenvalue weighted by atomic mass is 9.85. The van der Waals surface area contributed by atoms with Gasteiger partial charge in [0, 0.05) is 40.3 Å². The molecular formula is C28H35N3O2S. The van der Waals surface area contributed by atoms with E-state index in [0.717, 1.165) is 51.2 Å². The fourth-order valence-electron chi connectivity index (χ4n) is 5.65. The van der Waals surface area contributed by atoms with E-state index in [4.69, 9.17) is 4.74 Å². The van der Waals surface area contributed by atoms with Gasteiger partial charge < -0.3 is 19.9 Å². The first kappa shape index (κ1) is 23.3. The first-order chi connectivity index (χ1) is 16.7. The first-order valence-electron chi connectivity index (χ1n) is 12.6. The topological polar surface area (TPSA) is 57.4 Å². The highest BCUT2D eigenvalue weighted by Gasteiger charge is 2.33. The molecule has 2 aliphatic rings. The summed E-state index contributed by atoms with van der Waals surface area (Å²) in [5.74, 6) is 2.69. The number of nitrogens with one attached hydrogen (secondary N) is 2. The standard InChI is InChI=1S/C28H35N3O2S/c1-33-22-11-12-25-24(17-22)20(18-30-25)13-14-29-28(32)23-8-2-3-10-27(23)34-19-21-7-6-16-31-15-5-4-9-26(21)31/h2-3,8,10-12,17-18,21,26,30H,4-7,9,13-16,19H2,1H3,(H,29,32)/t21-,26-/m0/s1. The van der Waals surface area contributed by atoms with E-state index >= 15 is 0 Å². The molecule has 5 rings (SSSR count). The van der Waals surface area contributed by atoms with Gasteiger partial charge in [-0.1, -0.05) is 18.6 Å². The van der Waals surface area contributed by atoms with Crippen molar-refractivity contribution in [1.29, 1.82) is 0 Å². The summed E-state index contributed by atoms with van der Waals surface area (Å²) >= 11 is 1.87. The summed E-state index contributed by atoms with van der Waals surface area (Å²) < 4.78 is 5.37. The number of carbonyl (C=O) groups is 1. The van der Waals surface area contributed by atoms with Crippen molar-refractivity contribution in [2.45, 2.75) is 49.5 Å². The normalized spacial score (nSPS) is 20.7. The van der Waals surface area contributed by atoms with Crippen molar-refractivity contribution < 1.29 is 9.53 Å². The third-order valence-corrected chi connectivity index (χ3v) is 8.73. The quantitative estimate of drug-likeness (QED) is 0.420. The summed E-state index contributed by atoms with van der Waals surface area (Å²) in [6.07, 6.45) is 9.48. The van der Waals surface area contributed by atoms with Gasteiger partial charge in [0.1, 0.15) is 5.75 Å². The summed E-state index contributed by atoms with van der Waals surface area (Å²) in [6, 6.07) is 14.9. The lowest BCUT2D eigenvalue weighted by Crippen LogP contribution is -2.48. The highest BCUT2D eigenvalue weighted by atomic mass is 32.2. The van der Waals surface area contributed by atoms with Crippen LogP contribution in [0.1, 0.15) is 48.0 Å². The number of fused-ring (bicyclic) bond motifs is 2. The number of hydrogen-bond donors (Lipinski definition) is 2. The number of carbonyl (C=O) groups excluding carboxylic acids is 1. The molecule has 2 atom stereocenters. The second-order valence-corrected chi connectivity index (χ2v) is 10.6. The van der Waals surface area contributed by atoms with Gasteiger partial charge in [-0.2, -0.15) is 0 Å². The molecule has 2 aromatic carbocycles. The van der Waals surface area contributed by atoms with E-state index in [1.807, 2.05) is 54.4 Å². The molecule has 2 N–H and O–H groups in total. The van der Waals surface area contributed by atoms with Crippen LogP contribution < -0.4 is 10.1 Å². The zero-order valence-electron chi connectivity index (χ0n) is 20.0. The van der Waals surface area contributed by atoms with Crippen LogP contribution >= 0.6 is 11.8 Å². The fraction of sp³-hybridized carbons (Fsp3) is 0.464. The van der Waals surface area contributed by atoms with Crippen LogP contribution in [0, 0.1) is 5.92 Å². The smallest absolute Gasteiger partial charge is 0.252 e. The second-order valence-electron chi connectivity index (χ2n) is 9.54. The molecule has 2 saturated heterocycles. The number of aromatic nitrogens is 1. The molecule has 0 radical (unpaired) electrons. The van der Waals surface area contributed by atoms with Crippen LogP contribution in [0.25, 0.3) is 10.9 Å². The lowest BCUT2D eigenvalue weighted by Gasteiger charge is -2.44. The van der Waals surface area contributed by atoms with Gasteiger partial charge in [-0.15, -0.1) is 11.8 Å². The summed E-state index contributed by atoms with van der Waals surface area (Å²) in [5, 5.41) is 4.30. The predicted molar refractivity (Wildman–Crippen MR) is 140 cm³/mol. The van der Waals surface area contributed by atoms with Crippen molar-refractivity contribution in [2.24, 2.45) is 5.92 Å². The molecule has 0 aliphatic carbocycles. The van der Waals surface area contributed by atoms with Gasteiger partial charge >= 0.3 is 0 Å².